The molecule has 31 heavy (non-hydrogen) atoms. The molecule has 1 aliphatic carbocycles. The van der Waals surface area contributed by atoms with Crippen molar-refractivity contribution in [2.45, 2.75) is 44.8 Å². The van der Waals surface area contributed by atoms with Crippen LogP contribution in [0.3, 0.4) is 0 Å². The van der Waals surface area contributed by atoms with Crippen molar-refractivity contribution in [2.75, 3.05) is 6.54 Å². The van der Waals surface area contributed by atoms with E-state index in [1.807, 2.05) is 0 Å². The van der Waals surface area contributed by atoms with Crippen LogP contribution in [-0.4, -0.2) is 39.9 Å². The molecule has 3 rings (SSSR count). The van der Waals surface area contributed by atoms with Gasteiger partial charge in [-0.25, -0.2) is 5.01 Å². The number of aryl methyl sites for hydroxylation is 1. The van der Waals surface area contributed by atoms with Gasteiger partial charge in [-0.1, -0.05) is 12.1 Å². The van der Waals surface area contributed by atoms with E-state index < -0.39 is 29.6 Å². The van der Waals surface area contributed by atoms with Gasteiger partial charge in [0.1, 0.15) is 6.54 Å². The van der Waals surface area contributed by atoms with Gasteiger partial charge in [-0.2, -0.15) is 23.4 Å². The number of nitrogens with one attached hydrogen (secondary N) is 1. The Labute approximate surface area is 177 Å². The summed E-state index contributed by atoms with van der Waals surface area (Å²) in [6, 6.07) is 3.99. The molecule has 2 aromatic rings. The zero-order valence-electron chi connectivity index (χ0n) is 17.5. The molecular weight excluding hydrogens is 411 g/mol. The number of hydrazone groups is 1. The van der Waals surface area contributed by atoms with E-state index in [2.05, 4.69) is 22.2 Å². The summed E-state index contributed by atoms with van der Waals surface area (Å²) in [7, 11) is 1.75. The van der Waals surface area contributed by atoms with Crippen LogP contribution in [0, 0.1) is 6.92 Å². The normalized spacial score (nSPS) is 14.8. The van der Waals surface area contributed by atoms with Crippen LogP contribution in [0.5, 0.6) is 0 Å². The molecule has 1 saturated carbocycles. The Balaban J connectivity index is 1.67. The van der Waals surface area contributed by atoms with Gasteiger partial charge in [0.25, 0.3) is 5.91 Å². The highest BCUT2D eigenvalue weighted by molar-refractivity contribution is 5.98. The molecule has 1 aromatic heterocycles. The Morgan fingerprint density at radius 3 is 2.45 bits per heavy atom. The Hall–Kier alpha value is -3.17. The summed E-state index contributed by atoms with van der Waals surface area (Å²) in [6.07, 6.45) is -2.50. The number of alkyl halides is 3. The summed E-state index contributed by atoms with van der Waals surface area (Å²) in [5.41, 5.74) is 1.56. The average Bonchev–Trinajstić information content (AvgIpc) is 3.51. The van der Waals surface area contributed by atoms with Crippen LogP contribution in [0.25, 0.3) is 0 Å². The lowest BCUT2D eigenvalue weighted by molar-refractivity contribution is -0.137. The van der Waals surface area contributed by atoms with Crippen LogP contribution in [-0.2, 0) is 18.0 Å². The third-order valence-corrected chi connectivity index (χ3v) is 5.35. The number of benzene rings is 1. The third-order valence-electron chi connectivity index (χ3n) is 5.35. The van der Waals surface area contributed by atoms with Crippen LogP contribution in [0.1, 0.15) is 64.6 Å². The van der Waals surface area contributed by atoms with Gasteiger partial charge in [0, 0.05) is 25.4 Å². The number of amides is 2. The molecule has 1 aromatic carbocycles. The lowest BCUT2D eigenvalue weighted by Crippen LogP contribution is -2.39. The largest absolute Gasteiger partial charge is 0.416 e. The smallest absolute Gasteiger partial charge is 0.348 e. The van der Waals surface area contributed by atoms with Gasteiger partial charge < -0.3 is 5.32 Å². The maximum atomic E-state index is 13.0. The van der Waals surface area contributed by atoms with Crippen molar-refractivity contribution in [1.82, 2.24) is 20.1 Å². The van der Waals surface area contributed by atoms with Gasteiger partial charge in [-0.05, 0) is 44.4 Å². The van der Waals surface area contributed by atoms with E-state index in [9.17, 15) is 22.8 Å². The molecule has 0 radical (unpaired) electrons. The fourth-order valence-corrected chi connectivity index (χ4v) is 3.32. The molecule has 0 unspecified atom stereocenters. The molecule has 0 spiro atoms. The van der Waals surface area contributed by atoms with Crippen LogP contribution in [0.4, 0.5) is 13.2 Å². The van der Waals surface area contributed by atoms with Gasteiger partial charge in [0.2, 0.25) is 5.91 Å². The minimum Gasteiger partial charge on any atom is -0.348 e. The predicted molar refractivity (Wildman–Crippen MR) is 109 cm³/mol. The first-order chi connectivity index (χ1) is 14.5. The van der Waals surface area contributed by atoms with Crippen LogP contribution < -0.4 is 5.32 Å². The second kappa shape index (κ2) is 8.52. The first-order valence-corrected chi connectivity index (χ1v) is 9.81. The summed E-state index contributed by atoms with van der Waals surface area (Å²) < 4.78 is 39.8. The van der Waals surface area contributed by atoms with Crippen LogP contribution in [0.2, 0.25) is 0 Å². The third kappa shape index (κ3) is 4.95. The summed E-state index contributed by atoms with van der Waals surface area (Å²) in [6.45, 7) is 6.45. The van der Waals surface area contributed by atoms with Gasteiger partial charge >= 0.3 is 6.18 Å². The fraction of sp³-hybridized carbons (Fsp3) is 0.429. The molecule has 0 aliphatic heterocycles. The number of carbonyl (C=O) groups is 2. The molecular formula is C21H24F3N5O2. The maximum absolute atomic E-state index is 13.0. The molecule has 10 heteroatoms. The van der Waals surface area contributed by atoms with E-state index in [4.69, 9.17) is 0 Å². The van der Waals surface area contributed by atoms with Crippen molar-refractivity contribution in [3.63, 3.8) is 0 Å². The lowest BCUT2D eigenvalue weighted by atomic mass is 10.1. The fourth-order valence-electron chi connectivity index (χ4n) is 3.32. The highest BCUT2D eigenvalue weighted by Crippen LogP contribution is 2.41. The first kappa shape index (κ1) is 22.5. The van der Waals surface area contributed by atoms with E-state index in [0.717, 1.165) is 30.0 Å². The SMILES string of the molecule is C=NN(CC(=O)N[C@@H](C)c1ccc(C(F)(F)F)cc1)C(=O)c1c(C2CC2)nn(C)c1C. The summed E-state index contributed by atoms with van der Waals surface area (Å²) in [5.74, 6) is -0.735. The zero-order valence-corrected chi connectivity index (χ0v) is 17.5. The second-order valence-corrected chi connectivity index (χ2v) is 7.66. The Morgan fingerprint density at radius 1 is 1.32 bits per heavy atom. The Morgan fingerprint density at radius 2 is 1.94 bits per heavy atom. The zero-order chi connectivity index (χ0) is 22.9. The van der Waals surface area contributed by atoms with Gasteiger partial charge in [-0.15, -0.1) is 0 Å². The van der Waals surface area contributed by atoms with E-state index >= 15 is 0 Å². The molecule has 166 valence electrons. The highest BCUT2D eigenvalue weighted by atomic mass is 19.4. The van der Waals surface area contributed by atoms with Crippen molar-refractivity contribution >= 4 is 18.5 Å². The Bertz CT molecular complexity index is 994. The topological polar surface area (TPSA) is 79.6 Å². The molecule has 1 aliphatic rings. The van der Waals surface area contributed by atoms with E-state index in [-0.39, 0.29) is 12.5 Å². The van der Waals surface area contributed by atoms with E-state index in [0.29, 0.717) is 22.5 Å². The molecule has 2 amide bonds. The van der Waals surface area contributed by atoms with Crippen molar-refractivity contribution in [2.24, 2.45) is 12.1 Å². The molecule has 0 bridgehead atoms. The van der Waals surface area contributed by atoms with Gasteiger partial charge in [-0.3, -0.25) is 14.3 Å². The minimum absolute atomic E-state index is 0.235. The molecule has 1 fully saturated rings. The molecule has 1 N–H and O–H groups in total. The quantitative estimate of drug-likeness (QED) is 0.534. The van der Waals surface area contributed by atoms with Crippen LogP contribution >= 0.6 is 0 Å². The van der Waals surface area contributed by atoms with Crippen LogP contribution in [0.15, 0.2) is 29.4 Å². The second-order valence-electron chi connectivity index (χ2n) is 7.66. The monoisotopic (exact) mass is 435 g/mol. The number of aromatic nitrogens is 2. The Kier molecular flexibility index (Phi) is 6.19. The number of carbonyl (C=O) groups excluding carboxylic acids is 2. The van der Waals surface area contributed by atoms with E-state index in [1.54, 1.807) is 25.6 Å². The van der Waals surface area contributed by atoms with Crippen molar-refractivity contribution in [3.05, 3.63) is 52.3 Å². The summed E-state index contributed by atoms with van der Waals surface area (Å²) in [4.78, 5) is 25.5. The van der Waals surface area contributed by atoms with Crippen molar-refractivity contribution < 1.29 is 22.8 Å². The first-order valence-electron chi connectivity index (χ1n) is 9.81. The molecule has 0 saturated heterocycles. The number of hydrogen-bond donors (Lipinski definition) is 1. The summed E-state index contributed by atoms with van der Waals surface area (Å²) >= 11 is 0. The molecule has 1 atom stereocenters. The van der Waals surface area contributed by atoms with E-state index in [1.165, 1.54) is 12.1 Å². The van der Waals surface area contributed by atoms with Crippen molar-refractivity contribution in [1.29, 1.82) is 0 Å². The average molecular weight is 435 g/mol. The molecule has 7 nitrogen and oxygen atoms in total. The van der Waals surface area contributed by atoms with Crippen molar-refractivity contribution in [3.8, 4) is 0 Å². The number of rotatable bonds is 7. The minimum atomic E-state index is -4.43. The molecule has 1 heterocycles. The summed E-state index contributed by atoms with van der Waals surface area (Å²) in [5, 5.41) is 11.8. The van der Waals surface area contributed by atoms with Gasteiger partial charge in [0.15, 0.2) is 0 Å². The standard InChI is InChI=1S/C21H24F3N5O2/c1-12(14-7-9-16(10-8-14)21(22,23)24)26-17(30)11-29(25-3)20(31)18-13(2)28(4)27-19(18)15-5-6-15/h7-10,12,15H,3,5-6,11H2,1-2,4H3,(H,26,30)/t12-/m0/s1. The lowest BCUT2D eigenvalue weighted by Gasteiger charge is -2.19. The highest BCUT2D eigenvalue weighted by Gasteiger charge is 2.35. The number of halogens is 3. The predicted octanol–water partition coefficient (Wildman–Crippen LogP) is 3.56. The number of hydrogen-bond acceptors (Lipinski definition) is 4. The maximum Gasteiger partial charge on any atom is 0.416 e. The van der Waals surface area contributed by atoms with Gasteiger partial charge in [0.05, 0.1) is 22.9 Å². The number of nitrogens with zero attached hydrogens (tertiary/aromatic N) is 4.